The van der Waals surface area contributed by atoms with Gasteiger partial charge in [0, 0.05) is 12.1 Å². The van der Waals surface area contributed by atoms with E-state index < -0.39 is 0 Å². The van der Waals surface area contributed by atoms with Crippen LogP contribution in [-0.2, 0) is 4.79 Å². The molecule has 1 aromatic rings. The van der Waals surface area contributed by atoms with E-state index in [1.54, 1.807) is 30.3 Å². The van der Waals surface area contributed by atoms with E-state index in [4.69, 9.17) is 10.5 Å². The maximum absolute atomic E-state index is 11.8. The SMILES string of the molecule is Cc1c(NN=C(C#N)C#N)cccc1NC(=O)CC(C)C. The highest BCUT2D eigenvalue weighted by Gasteiger charge is 2.09. The van der Waals surface area contributed by atoms with Crippen molar-refractivity contribution in [3.63, 3.8) is 0 Å². The highest BCUT2D eigenvalue weighted by atomic mass is 16.1. The van der Waals surface area contributed by atoms with Crippen LogP contribution in [0.4, 0.5) is 11.4 Å². The van der Waals surface area contributed by atoms with E-state index >= 15 is 0 Å². The molecule has 0 atom stereocenters. The smallest absolute Gasteiger partial charge is 0.237 e. The second-order valence-corrected chi connectivity index (χ2v) is 4.92. The molecule has 6 nitrogen and oxygen atoms in total. The molecule has 0 bridgehead atoms. The van der Waals surface area contributed by atoms with Crippen LogP contribution in [0.25, 0.3) is 0 Å². The van der Waals surface area contributed by atoms with Crippen molar-refractivity contribution in [3.05, 3.63) is 23.8 Å². The summed E-state index contributed by atoms with van der Waals surface area (Å²) in [6, 6.07) is 8.63. The molecule has 6 heteroatoms. The van der Waals surface area contributed by atoms with Crippen LogP contribution in [-0.4, -0.2) is 11.6 Å². The third kappa shape index (κ3) is 4.96. The predicted octanol–water partition coefficient (Wildman–Crippen LogP) is 2.79. The Labute approximate surface area is 124 Å². The van der Waals surface area contributed by atoms with Crippen molar-refractivity contribution in [2.75, 3.05) is 10.7 Å². The van der Waals surface area contributed by atoms with Gasteiger partial charge < -0.3 is 5.32 Å². The summed E-state index contributed by atoms with van der Waals surface area (Å²) in [6.45, 7) is 5.77. The molecular weight excluding hydrogens is 266 g/mol. The minimum Gasteiger partial charge on any atom is -0.326 e. The van der Waals surface area contributed by atoms with E-state index in [0.29, 0.717) is 17.8 Å². The number of benzene rings is 1. The summed E-state index contributed by atoms with van der Waals surface area (Å²) >= 11 is 0. The Hall–Kier alpha value is -2.86. The fourth-order valence-electron chi connectivity index (χ4n) is 1.66. The second-order valence-electron chi connectivity index (χ2n) is 4.92. The molecule has 0 aliphatic heterocycles. The average Bonchev–Trinajstić information content (AvgIpc) is 2.42. The first-order chi connectivity index (χ1) is 9.97. The van der Waals surface area contributed by atoms with Crippen molar-refractivity contribution in [1.82, 2.24) is 0 Å². The van der Waals surface area contributed by atoms with Crippen LogP contribution in [0.5, 0.6) is 0 Å². The maximum Gasteiger partial charge on any atom is 0.237 e. The molecule has 2 N–H and O–H groups in total. The fraction of sp³-hybridized carbons (Fsp3) is 0.333. The van der Waals surface area contributed by atoms with Crippen molar-refractivity contribution in [3.8, 4) is 12.1 Å². The lowest BCUT2D eigenvalue weighted by molar-refractivity contribution is -0.116. The van der Waals surface area contributed by atoms with E-state index in [9.17, 15) is 4.79 Å². The molecule has 0 aromatic heterocycles. The third-order valence-electron chi connectivity index (χ3n) is 2.70. The molecule has 1 aromatic carbocycles. The molecule has 108 valence electrons. The number of nitrogens with zero attached hydrogens (tertiary/aromatic N) is 3. The number of hydrogen-bond acceptors (Lipinski definition) is 5. The van der Waals surface area contributed by atoms with Gasteiger partial charge in [-0.2, -0.15) is 15.6 Å². The maximum atomic E-state index is 11.8. The molecule has 0 fully saturated rings. The van der Waals surface area contributed by atoms with Gasteiger partial charge in [0.15, 0.2) is 0 Å². The Morgan fingerprint density at radius 3 is 2.48 bits per heavy atom. The van der Waals surface area contributed by atoms with Crippen LogP contribution in [0, 0.1) is 35.5 Å². The molecular formula is C15H17N5O. The van der Waals surface area contributed by atoms with Crippen molar-refractivity contribution in [1.29, 1.82) is 10.5 Å². The Morgan fingerprint density at radius 2 is 1.90 bits per heavy atom. The largest absolute Gasteiger partial charge is 0.326 e. The van der Waals surface area contributed by atoms with Crippen molar-refractivity contribution >= 4 is 23.0 Å². The lowest BCUT2D eigenvalue weighted by Gasteiger charge is -2.12. The average molecular weight is 283 g/mol. The molecule has 0 heterocycles. The van der Waals surface area contributed by atoms with Gasteiger partial charge >= 0.3 is 0 Å². The van der Waals surface area contributed by atoms with E-state index in [-0.39, 0.29) is 17.5 Å². The number of hydrazone groups is 1. The Kier molecular flexibility index (Phi) is 5.91. The number of anilines is 2. The summed E-state index contributed by atoms with van der Waals surface area (Å²) in [4.78, 5) is 11.8. The zero-order valence-electron chi connectivity index (χ0n) is 12.3. The number of amides is 1. The minimum absolute atomic E-state index is 0.0523. The van der Waals surface area contributed by atoms with E-state index in [2.05, 4.69) is 15.8 Å². The first-order valence-corrected chi connectivity index (χ1v) is 6.51. The van der Waals surface area contributed by atoms with Gasteiger partial charge in [-0.15, -0.1) is 0 Å². The van der Waals surface area contributed by atoms with Gasteiger partial charge in [0.25, 0.3) is 0 Å². The van der Waals surface area contributed by atoms with Gasteiger partial charge in [0.1, 0.15) is 12.1 Å². The van der Waals surface area contributed by atoms with E-state index in [1.807, 2.05) is 20.8 Å². The molecule has 1 amide bonds. The van der Waals surface area contributed by atoms with Crippen LogP contribution in [0.3, 0.4) is 0 Å². The lowest BCUT2D eigenvalue weighted by Crippen LogP contribution is -2.15. The van der Waals surface area contributed by atoms with Crippen LogP contribution >= 0.6 is 0 Å². The molecule has 0 aliphatic carbocycles. The molecule has 1 rings (SSSR count). The molecule has 0 unspecified atom stereocenters. The van der Waals surface area contributed by atoms with Crippen LogP contribution in [0.15, 0.2) is 23.3 Å². The summed E-state index contributed by atoms with van der Waals surface area (Å²) < 4.78 is 0. The van der Waals surface area contributed by atoms with Gasteiger partial charge in [0.05, 0.1) is 5.69 Å². The summed E-state index contributed by atoms with van der Waals surface area (Å²) in [5.74, 6) is 0.230. The Balaban J connectivity index is 2.89. The van der Waals surface area contributed by atoms with Crippen molar-refractivity contribution in [2.24, 2.45) is 11.0 Å². The number of nitrogens with one attached hydrogen (secondary N) is 2. The zero-order chi connectivity index (χ0) is 15.8. The number of carbonyl (C=O) groups excluding carboxylic acids is 1. The van der Waals surface area contributed by atoms with Crippen LogP contribution in [0.2, 0.25) is 0 Å². The van der Waals surface area contributed by atoms with Gasteiger partial charge in [-0.3, -0.25) is 10.2 Å². The number of carbonyl (C=O) groups is 1. The summed E-state index contributed by atoms with van der Waals surface area (Å²) in [5.41, 5.74) is 4.49. The van der Waals surface area contributed by atoms with Gasteiger partial charge in [-0.1, -0.05) is 19.9 Å². The molecule has 0 saturated carbocycles. The molecule has 0 radical (unpaired) electrons. The quantitative estimate of drug-likeness (QED) is 0.640. The van der Waals surface area contributed by atoms with E-state index in [0.717, 1.165) is 5.56 Å². The summed E-state index contributed by atoms with van der Waals surface area (Å²) in [5, 5.41) is 23.8. The minimum atomic E-state index is -0.261. The normalized spacial score (nSPS) is 9.43. The van der Waals surface area contributed by atoms with Crippen LogP contribution in [0.1, 0.15) is 25.8 Å². The number of nitriles is 2. The third-order valence-corrected chi connectivity index (χ3v) is 2.70. The Bertz CT molecular complexity index is 618. The summed E-state index contributed by atoms with van der Waals surface area (Å²) in [6.07, 6.45) is 0.447. The van der Waals surface area contributed by atoms with E-state index in [1.165, 1.54) is 0 Å². The first kappa shape index (κ1) is 16.2. The second kappa shape index (κ2) is 7.66. The van der Waals surface area contributed by atoms with Crippen molar-refractivity contribution < 1.29 is 4.79 Å². The fourth-order valence-corrected chi connectivity index (χ4v) is 1.66. The summed E-state index contributed by atoms with van der Waals surface area (Å²) in [7, 11) is 0. The monoisotopic (exact) mass is 283 g/mol. The zero-order valence-corrected chi connectivity index (χ0v) is 12.3. The topological polar surface area (TPSA) is 101 Å². The lowest BCUT2D eigenvalue weighted by atomic mass is 10.1. The highest BCUT2D eigenvalue weighted by molar-refractivity contribution is 6.10. The molecule has 0 spiro atoms. The predicted molar refractivity (Wildman–Crippen MR) is 81.5 cm³/mol. The Morgan fingerprint density at radius 1 is 1.29 bits per heavy atom. The highest BCUT2D eigenvalue weighted by Crippen LogP contribution is 2.23. The van der Waals surface area contributed by atoms with Gasteiger partial charge in [-0.05, 0) is 30.5 Å². The first-order valence-electron chi connectivity index (χ1n) is 6.51. The van der Waals surface area contributed by atoms with Gasteiger partial charge in [0.2, 0.25) is 11.6 Å². The number of rotatable bonds is 5. The van der Waals surface area contributed by atoms with Crippen molar-refractivity contribution in [2.45, 2.75) is 27.2 Å². The standard InChI is InChI=1S/C15H17N5O/c1-10(2)7-15(21)18-13-5-4-6-14(11(13)3)20-19-12(8-16)9-17/h4-6,10,20H,7H2,1-3H3,(H,18,21). The molecule has 0 aliphatic rings. The molecule has 0 saturated heterocycles. The van der Waals surface area contributed by atoms with Crippen LogP contribution < -0.4 is 10.7 Å². The van der Waals surface area contributed by atoms with Gasteiger partial charge in [-0.25, -0.2) is 0 Å². The number of hydrogen-bond donors (Lipinski definition) is 2. The molecule has 21 heavy (non-hydrogen) atoms.